The lowest BCUT2D eigenvalue weighted by Gasteiger charge is -2.12. The Morgan fingerprint density at radius 2 is 2.00 bits per heavy atom. The average molecular weight is 290 g/mol. The fraction of sp³-hybridized carbons (Fsp3) is 0.200. The number of rotatable bonds is 3. The fourth-order valence-corrected chi connectivity index (χ4v) is 2.43. The van der Waals surface area contributed by atoms with Crippen LogP contribution in [0.4, 0.5) is 0 Å². The van der Waals surface area contributed by atoms with Gasteiger partial charge in [-0.1, -0.05) is 34.1 Å². The maximum absolute atomic E-state index is 12.0. The van der Waals surface area contributed by atoms with Gasteiger partial charge in [0, 0.05) is 4.90 Å². The van der Waals surface area contributed by atoms with E-state index in [9.17, 15) is 9.00 Å². The van der Waals surface area contributed by atoms with Gasteiger partial charge in [-0.05, 0) is 24.9 Å². The molecule has 1 aromatic rings. The van der Waals surface area contributed by atoms with Crippen molar-refractivity contribution in [1.82, 2.24) is 4.72 Å². The van der Waals surface area contributed by atoms with Crippen LogP contribution in [0.1, 0.15) is 6.92 Å². The van der Waals surface area contributed by atoms with Crippen LogP contribution in [0.5, 0.6) is 0 Å². The summed E-state index contributed by atoms with van der Waals surface area (Å²) >= 11 is 3.10. The minimum Gasteiger partial charge on any atom is -0.278 e. The Bertz CT molecular complexity index is 440. The molecular formula is C10H12BrNO2S. The van der Waals surface area contributed by atoms with E-state index in [0.29, 0.717) is 4.90 Å². The standard InChI is InChI=1S/C10H12BrNO2S/c1-8(11)10(13)12-15(2,14)9-6-4-3-5-7-9/h3-8H,2H2,1H3,(H,12,13,14). The molecule has 5 heteroatoms. The molecule has 0 saturated heterocycles. The SMILES string of the molecule is C=S(=O)(NC(=O)C(C)Br)c1ccccc1. The molecule has 2 atom stereocenters. The zero-order chi connectivity index (χ0) is 11.5. The van der Waals surface area contributed by atoms with E-state index in [4.69, 9.17) is 0 Å². The number of amides is 1. The Balaban J connectivity index is 2.91. The number of alkyl halides is 1. The molecule has 0 aliphatic heterocycles. The highest BCUT2D eigenvalue weighted by Crippen LogP contribution is 2.08. The third-order valence-electron chi connectivity index (χ3n) is 1.75. The van der Waals surface area contributed by atoms with Crippen LogP contribution >= 0.6 is 15.9 Å². The molecule has 1 aromatic carbocycles. The molecule has 82 valence electrons. The van der Waals surface area contributed by atoms with Gasteiger partial charge in [-0.3, -0.25) is 9.52 Å². The molecule has 2 unspecified atom stereocenters. The number of carbonyl (C=O) groups excluding carboxylic acids is 1. The maximum atomic E-state index is 12.0. The number of carbonyl (C=O) groups is 1. The quantitative estimate of drug-likeness (QED) is 0.678. The van der Waals surface area contributed by atoms with Crippen molar-refractivity contribution in [1.29, 1.82) is 0 Å². The van der Waals surface area contributed by atoms with Gasteiger partial charge in [-0.2, -0.15) is 0 Å². The summed E-state index contributed by atoms with van der Waals surface area (Å²) in [6.07, 6.45) is 0. The van der Waals surface area contributed by atoms with Crippen molar-refractivity contribution in [2.24, 2.45) is 0 Å². The van der Waals surface area contributed by atoms with Crippen molar-refractivity contribution in [3.63, 3.8) is 0 Å². The molecule has 1 rings (SSSR count). The lowest BCUT2D eigenvalue weighted by Crippen LogP contribution is -2.34. The Labute approximate surface area is 98.2 Å². The zero-order valence-electron chi connectivity index (χ0n) is 8.27. The number of benzene rings is 1. The highest BCUT2D eigenvalue weighted by Gasteiger charge is 2.14. The summed E-state index contributed by atoms with van der Waals surface area (Å²) in [5, 5.41) is 0. The van der Waals surface area contributed by atoms with Crippen molar-refractivity contribution < 1.29 is 9.00 Å². The van der Waals surface area contributed by atoms with Gasteiger partial charge in [0.1, 0.15) is 0 Å². The topological polar surface area (TPSA) is 46.2 Å². The molecule has 0 fully saturated rings. The molecule has 0 aromatic heterocycles. The van der Waals surface area contributed by atoms with E-state index in [1.54, 1.807) is 31.2 Å². The number of hydrogen-bond donors (Lipinski definition) is 1. The molecule has 0 heterocycles. The van der Waals surface area contributed by atoms with E-state index in [0.717, 1.165) is 0 Å². The lowest BCUT2D eigenvalue weighted by atomic mass is 10.4. The first-order valence-corrected chi connectivity index (χ1v) is 6.96. The molecule has 1 N–H and O–H groups in total. The smallest absolute Gasteiger partial charge is 0.244 e. The first-order valence-electron chi connectivity index (χ1n) is 4.31. The molecule has 0 aliphatic carbocycles. The van der Waals surface area contributed by atoms with E-state index in [1.807, 2.05) is 6.07 Å². The van der Waals surface area contributed by atoms with Crippen molar-refractivity contribution in [3.05, 3.63) is 30.3 Å². The first kappa shape index (κ1) is 12.3. The Kier molecular flexibility index (Phi) is 3.93. The van der Waals surface area contributed by atoms with E-state index >= 15 is 0 Å². The molecule has 0 bridgehead atoms. The second-order valence-electron chi connectivity index (χ2n) is 3.07. The zero-order valence-corrected chi connectivity index (χ0v) is 10.7. The summed E-state index contributed by atoms with van der Waals surface area (Å²) in [6.45, 7) is 1.66. The number of nitrogens with one attached hydrogen (secondary N) is 1. The van der Waals surface area contributed by atoms with Gasteiger partial charge in [0.2, 0.25) is 5.91 Å². The normalized spacial score (nSPS) is 16.4. The maximum Gasteiger partial charge on any atom is 0.244 e. The van der Waals surface area contributed by atoms with Crippen molar-refractivity contribution in [2.45, 2.75) is 16.6 Å². The fourth-order valence-electron chi connectivity index (χ4n) is 0.943. The van der Waals surface area contributed by atoms with Crippen molar-refractivity contribution in [2.75, 3.05) is 0 Å². The molecule has 0 saturated carbocycles. The molecule has 3 nitrogen and oxygen atoms in total. The predicted octanol–water partition coefficient (Wildman–Crippen LogP) is 1.58. The second-order valence-corrected chi connectivity index (χ2v) is 6.47. The predicted molar refractivity (Wildman–Crippen MR) is 66.5 cm³/mol. The summed E-state index contributed by atoms with van der Waals surface area (Å²) in [5.41, 5.74) is 0. The molecule has 1 amide bonds. The van der Waals surface area contributed by atoms with Crippen LogP contribution in [0, 0.1) is 0 Å². The third kappa shape index (κ3) is 3.35. The summed E-state index contributed by atoms with van der Waals surface area (Å²) in [6, 6.07) is 8.67. The monoisotopic (exact) mass is 289 g/mol. The molecule has 0 spiro atoms. The van der Waals surface area contributed by atoms with Crippen LogP contribution in [0.15, 0.2) is 35.2 Å². The van der Waals surface area contributed by atoms with Crippen molar-refractivity contribution >= 4 is 37.4 Å². The van der Waals surface area contributed by atoms with Crippen LogP contribution in [-0.2, 0) is 14.5 Å². The van der Waals surface area contributed by atoms with Gasteiger partial charge < -0.3 is 0 Å². The van der Waals surface area contributed by atoms with Gasteiger partial charge >= 0.3 is 0 Å². The van der Waals surface area contributed by atoms with Gasteiger partial charge in [0.05, 0.1) is 14.5 Å². The average Bonchev–Trinajstić information content (AvgIpc) is 2.18. The van der Waals surface area contributed by atoms with E-state index in [1.165, 1.54) is 0 Å². The summed E-state index contributed by atoms with van der Waals surface area (Å²) < 4.78 is 14.4. The minimum absolute atomic E-state index is 0.334. The summed E-state index contributed by atoms with van der Waals surface area (Å²) in [7, 11) is -2.73. The minimum atomic E-state index is -2.73. The lowest BCUT2D eigenvalue weighted by molar-refractivity contribution is -0.118. The highest BCUT2D eigenvalue weighted by molar-refractivity contribution is 9.10. The molecule has 15 heavy (non-hydrogen) atoms. The van der Waals surface area contributed by atoms with Crippen LogP contribution in [-0.4, -0.2) is 20.8 Å². The molecular weight excluding hydrogens is 278 g/mol. The van der Waals surface area contributed by atoms with Gasteiger partial charge in [-0.25, -0.2) is 4.21 Å². The number of halogens is 1. The Hall–Kier alpha value is -0.810. The van der Waals surface area contributed by atoms with E-state index < -0.39 is 9.71 Å². The van der Waals surface area contributed by atoms with E-state index in [-0.39, 0.29) is 10.7 Å². The summed E-state index contributed by atoms with van der Waals surface area (Å²) in [4.78, 5) is 11.5. The third-order valence-corrected chi connectivity index (χ3v) is 3.73. The Morgan fingerprint density at radius 1 is 1.47 bits per heavy atom. The molecule has 0 aliphatic rings. The van der Waals surface area contributed by atoms with Gasteiger partial charge in [0.15, 0.2) is 0 Å². The van der Waals surface area contributed by atoms with E-state index in [2.05, 4.69) is 26.5 Å². The van der Waals surface area contributed by atoms with Gasteiger partial charge in [-0.15, -0.1) is 0 Å². The van der Waals surface area contributed by atoms with Crippen LogP contribution in [0.25, 0.3) is 0 Å². The highest BCUT2D eigenvalue weighted by atomic mass is 79.9. The largest absolute Gasteiger partial charge is 0.278 e. The second kappa shape index (κ2) is 4.81. The van der Waals surface area contributed by atoms with Crippen LogP contribution < -0.4 is 4.72 Å². The first-order chi connectivity index (χ1) is 6.93. The van der Waals surface area contributed by atoms with Crippen molar-refractivity contribution in [3.8, 4) is 0 Å². The number of hydrogen-bond acceptors (Lipinski definition) is 2. The van der Waals surface area contributed by atoms with Crippen LogP contribution in [0.3, 0.4) is 0 Å². The van der Waals surface area contributed by atoms with Crippen LogP contribution in [0.2, 0.25) is 0 Å². The van der Waals surface area contributed by atoms with Gasteiger partial charge in [0.25, 0.3) is 0 Å². The Morgan fingerprint density at radius 3 is 2.47 bits per heavy atom. The summed E-state index contributed by atoms with van der Waals surface area (Å²) in [5.74, 6) is 3.20. The molecule has 0 radical (unpaired) electrons.